The maximum Gasteiger partial charge on any atom is 0.179 e. The Kier molecular flexibility index (Phi) is 5.15. The largest absolute Gasteiger partial charge is 0.392 e. The molecule has 20 heavy (non-hydrogen) atoms. The van der Waals surface area contributed by atoms with Crippen LogP contribution in [0.4, 0.5) is 5.69 Å². The van der Waals surface area contributed by atoms with Gasteiger partial charge in [-0.3, -0.25) is 4.90 Å². The number of aliphatic hydroxyl groups is 1. The molecule has 0 aromatic heterocycles. The molecular weight excluding hydrogens is 314 g/mol. The molecule has 1 saturated heterocycles. The third-order valence-corrected chi connectivity index (χ3v) is 3.97. The van der Waals surface area contributed by atoms with E-state index >= 15 is 0 Å². The molecule has 1 aliphatic rings. The van der Waals surface area contributed by atoms with Gasteiger partial charge < -0.3 is 15.3 Å². The normalized spacial score (nSPS) is 16.4. The Balaban J connectivity index is 1.96. The maximum absolute atomic E-state index is 9.44. The summed E-state index contributed by atoms with van der Waals surface area (Å²) < 4.78 is 0. The van der Waals surface area contributed by atoms with E-state index < -0.39 is 6.10 Å². The number of anilines is 1. The monoisotopic (exact) mass is 329 g/mol. The van der Waals surface area contributed by atoms with E-state index in [1.165, 1.54) is 0 Å². The summed E-state index contributed by atoms with van der Waals surface area (Å²) in [4.78, 5) is 3.82. The Bertz CT molecular complexity index is 507. The SMILES string of the molecule is CC(O)CN1CCN(C(=S)Nc2ccc(Cl)cc2)C1=S. The number of nitrogens with zero attached hydrogens (tertiary/aromatic N) is 2. The second-order valence-corrected chi connectivity index (χ2v) is 5.85. The zero-order valence-electron chi connectivity index (χ0n) is 11.0. The standard InChI is InChI=1S/C13H16ClN3OS2/c1-9(18)8-16-6-7-17(13(16)20)12(19)15-11-4-2-10(14)3-5-11/h2-5,9,18H,6-8H2,1H3,(H,15,19). The number of benzene rings is 1. The molecule has 0 aliphatic carbocycles. The smallest absolute Gasteiger partial charge is 0.179 e. The van der Waals surface area contributed by atoms with Crippen LogP contribution in [-0.2, 0) is 0 Å². The average Bonchev–Trinajstić information content (AvgIpc) is 2.73. The fourth-order valence-corrected chi connectivity index (χ4v) is 2.81. The van der Waals surface area contributed by atoms with Gasteiger partial charge in [0.1, 0.15) is 0 Å². The lowest BCUT2D eigenvalue weighted by molar-refractivity contribution is 0.164. The van der Waals surface area contributed by atoms with Crippen LogP contribution in [-0.4, -0.2) is 50.9 Å². The van der Waals surface area contributed by atoms with Crippen LogP contribution in [0.1, 0.15) is 6.92 Å². The van der Waals surface area contributed by atoms with Gasteiger partial charge in [-0.2, -0.15) is 0 Å². The lowest BCUT2D eigenvalue weighted by Gasteiger charge is -2.23. The fraction of sp³-hybridized carbons (Fsp3) is 0.385. The van der Waals surface area contributed by atoms with Crippen LogP contribution >= 0.6 is 36.0 Å². The Morgan fingerprint density at radius 3 is 2.65 bits per heavy atom. The molecular formula is C13H16ClN3OS2. The first-order valence-electron chi connectivity index (χ1n) is 6.28. The number of hydrogen-bond donors (Lipinski definition) is 2. The van der Waals surface area contributed by atoms with Gasteiger partial charge in [0.25, 0.3) is 0 Å². The second-order valence-electron chi connectivity index (χ2n) is 4.67. The first kappa shape index (κ1) is 15.4. The number of aliphatic hydroxyl groups excluding tert-OH is 1. The van der Waals surface area contributed by atoms with Gasteiger partial charge >= 0.3 is 0 Å². The minimum absolute atomic E-state index is 0.411. The van der Waals surface area contributed by atoms with Crippen LogP contribution in [0, 0.1) is 0 Å². The number of nitrogens with one attached hydrogen (secondary N) is 1. The summed E-state index contributed by atoms with van der Waals surface area (Å²) in [6.45, 7) is 3.77. The summed E-state index contributed by atoms with van der Waals surface area (Å²) >= 11 is 16.6. The lowest BCUT2D eigenvalue weighted by Crippen LogP contribution is -2.40. The average molecular weight is 330 g/mol. The van der Waals surface area contributed by atoms with Crippen LogP contribution in [0.3, 0.4) is 0 Å². The molecule has 7 heteroatoms. The van der Waals surface area contributed by atoms with Crippen molar-refractivity contribution in [2.24, 2.45) is 0 Å². The number of halogens is 1. The van der Waals surface area contributed by atoms with Gasteiger partial charge in [-0.05, 0) is 55.6 Å². The molecule has 1 atom stereocenters. The zero-order valence-corrected chi connectivity index (χ0v) is 13.4. The topological polar surface area (TPSA) is 38.7 Å². The molecule has 0 bridgehead atoms. The second kappa shape index (κ2) is 6.67. The molecule has 1 heterocycles. The van der Waals surface area contributed by atoms with E-state index in [0.29, 0.717) is 21.8 Å². The van der Waals surface area contributed by atoms with Crippen LogP contribution < -0.4 is 5.32 Å². The first-order valence-corrected chi connectivity index (χ1v) is 7.48. The predicted molar refractivity (Wildman–Crippen MR) is 90.2 cm³/mol. The van der Waals surface area contributed by atoms with Crippen molar-refractivity contribution in [2.45, 2.75) is 13.0 Å². The van der Waals surface area contributed by atoms with E-state index in [1.807, 2.05) is 21.9 Å². The van der Waals surface area contributed by atoms with E-state index in [4.69, 9.17) is 36.0 Å². The quantitative estimate of drug-likeness (QED) is 0.829. The fourth-order valence-electron chi connectivity index (χ4n) is 1.98. The zero-order chi connectivity index (χ0) is 14.7. The van der Waals surface area contributed by atoms with Gasteiger partial charge in [0, 0.05) is 30.3 Å². The third-order valence-electron chi connectivity index (χ3n) is 2.92. The summed E-state index contributed by atoms with van der Waals surface area (Å²) in [6.07, 6.45) is -0.411. The van der Waals surface area contributed by atoms with Crippen molar-refractivity contribution in [1.29, 1.82) is 0 Å². The van der Waals surface area contributed by atoms with Crippen molar-refractivity contribution in [1.82, 2.24) is 9.80 Å². The van der Waals surface area contributed by atoms with Gasteiger partial charge in [0.15, 0.2) is 10.2 Å². The number of β-amino-alcohol motifs (C(OH)–C–C–N with tert-alkyl or cyclic N) is 1. The minimum Gasteiger partial charge on any atom is -0.392 e. The molecule has 2 N–H and O–H groups in total. The van der Waals surface area contributed by atoms with Crippen molar-refractivity contribution in [2.75, 3.05) is 25.0 Å². The molecule has 4 nitrogen and oxygen atoms in total. The highest BCUT2D eigenvalue weighted by Gasteiger charge is 2.28. The summed E-state index contributed by atoms with van der Waals surface area (Å²) in [5.74, 6) is 0. The van der Waals surface area contributed by atoms with E-state index in [1.54, 1.807) is 19.1 Å². The third kappa shape index (κ3) is 3.79. The summed E-state index contributed by atoms with van der Waals surface area (Å²) in [6, 6.07) is 7.33. The highest BCUT2D eigenvalue weighted by molar-refractivity contribution is 7.82. The molecule has 1 aromatic carbocycles. The van der Waals surface area contributed by atoms with Gasteiger partial charge in [0.05, 0.1) is 6.10 Å². The highest BCUT2D eigenvalue weighted by atomic mass is 35.5. The molecule has 1 aromatic rings. The Morgan fingerprint density at radius 2 is 2.05 bits per heavy atom. The first-order chi connectivity index (χ1) is 9.47. The van der Waals surface area contributed by atoms with Crippen molar-refractivity contribution in [3.63, 3.8) is 0 Å². The van der Waals surface area contributed by atoms with Crippen molar-refractivity contribution in [3.8, 4) is 0 Å². The van der Waals surface area contributed by atoms with Gasteiger partial charge in [0.2, 0.25) is 0 Å². The van der Waals surface area contributed by atoms with Crippen LogP contribution in [0.25, 0.3) is 0 Å². The van der Waals surface area contributed by atoms with Crippen LogP contribution in [0.15, 0.2) is 24.3 Å². The molecule has 1 fully saturated rings. The van der Waals surface area contributed by atoms with Crippen molar-refractivity contribution < 1.29 is 5.11 Å². The molecule has 0 radical (unpaired) electrons. The molecule has 2 rings (SSSR count). The summed E-state index contributed by atoms with van der Waals surface area (Å²) in [5, 5.41) is 14.5. The Morgan fingerprint density at radius 1 is 1.40 bits per heavy atom. The van der Waals surface area contributed by atoms with E-state index in [9.17, 15) is 5.11 Å². The summed E-state index contributed by atoms with van der Waals surface area (Å²) in [5.41, 5.74) is 0.871. The molecule has 0 amide bonds. The Hall–Kier alpha value is -0.950. The minimum atomic E-state index is -0.411. The van der Waals surface area contributed by atoms with Gasteiger partial charge in [-0.1, -0.05) is 11.6 Å². The lowest BCUT2D eigenvalue weighted by atomic mass is 10.3. The van der Waals surface area contributed by atoms with E-state index in [0.717, 1.165) is 18.8 Å². The highest BCUT2D eigenvalue weighted by Crippen LogP contribution is 2.16. The van der Waals surface area contributed by atoms with Crippen molar-refractivity contribution in [3.05, 3.63) is 29.3 Å². The van der Waals surface area contributed by atoms with Gasteiger partial charge in [-0.25, -0.2) is 0 Å². The van der Waals surface area contributed by atoms with Crippen LogP contribution in [0.5, 0.6) is 0 Å². The molecule has 0 spiro atoms. The molecule has 1 aliphatic heterocycles. The number of hydrogen-bond acceptors (Lipinski definition) is 3. The van der Waals surface area contributed by atoms with Crippen LogP contribution in [0.2, 0.25) is 5.02 Å². The Labute approximate surface area is 134 Å². The summed E-state index contributed by atoms with van der Waals surface area (Å²) in [7, 11) is 0. The number of rotatable bonds is 3. The molecule has 0 saturated carbocycles. The van der Waals surface area contributed by atoms with Gasteiger partial charge in [-0.15, -0.1) is 0 Å². The van der Waals surface area contributed by atoms with E-state index in [2.05, 4.69) is 5.32 Å². The maximum atomic E-state index is 9.44. The molecule has 108 valence electrons. The predicted octanol–water partition coefficient (Wildman–Crippen LogP) is 2.32. The molecule has 1 unspecified atom stereocenters. The van der Waals surface area contributed by atoms with Crippen molar-refractivity contribution >= 4 is 51.9 Å². The van der Waals surface area contributed by atoms with E-state index in [-0.39, 0.29) is 0 Å². The number of thiocarbonyl (C=S) groups is 2.